The van der Waals surface area contributed by atoms with E-state index in [1.807, 2.05) is 0 Å². The Labute approximate surface area is 111 Å². The van der Waals surface area contributed by atoms with Gasteiger partial charge in [-0.3, -0.25) is 0 Å². The van der Waals surface area contributed by atoms with Crippen molar-refractivity contribution in [2.45, 2.75) is 39.5 Å². The molecule has 1 saturated heterocycles. The third-order valence-corrected chi connectivity index (χ3v) is 3.66. The van der Waals surface area contributed by atoms with Crippen LogP contribution in [-0.2, 0) is 0 Å². The van der Waals surface area contributed by atoms with Crippen molar-refractivity contribution in [2.75, 3.05) is 26.2 Å². The maximum Gasteiger partial charge on any atom is 0.122 e. The van der Waals surface area contributed by atoms with Crippen LogP contribution in [0.5, 0.6) is 5.75 Å². The molecule has 0 aliphatic carbocycles. The van der Waals surface area contributed by atoms with Crippen LogP contribution in [0.25, 0.3) is 0 Å². The summed E-state index contributed by atoms with van der Waals surface area (Å²) in [7, 11) is 0. The number of piperidine rings is 1. The van der Waals surface area contributed by atoms with Crippen LogP contribution in [0.3, 0.4) is 0 Å². The van der Waals surface area contributed by atoms with E-state index in [1.165, 1.54) is 50.0 Å². The lowest BCUT2D eigenvalue weighted by Crippen LogP contribution is -2.31. The SMILES string of the molecule is Cc1ccc(OCCCN2CCCCC2)c(C)c1. The van der Waals surface area contributed by atoms with Crippen molar-refractivity contribution in [1.82, 2.24) is 4.90 Å². The molecule has 0 N–H and O–H groups in total. The summed E-state index contributed by atoms with van der Waals surface area (Å²) in [4.78, 5) is 2.56. The lowest BCUT2D eigenvalue weighted by molar-refractivity contribution is 0.204. The van der Waals surface area contributed by atoms with Gasteiger partial charge in [-0.1, -0.05) is 24.1 Å². The smallest absolute Gasteiger partial charge is 0.122 e. The van der Waals surface area contributed by atoms with Crippen LogP contribution >= 0.6 is 0 Å². The van der Waals surface area contributed by atoms with Gasteiger partial charge in [0.15, 0.2) is 0 Å². The Hall–Kier alpha value is -1.02. The van der Waals surface area contributed by atoms with Gasteiger partial charge >= 0.3 is 0 Å². The highest BCUT2D eigenvalue weighted by atomic mass is 16.5. The predicted octanol–water partition coefficient (Wildman–Crippen LogP) is 3.56. The van der Waals surface area contributed by atoms with E-state index >= 15 is 0 Å². The third-order valence-electron chi connectivity index (χ3n) is 3.66. The normalized spacial score (nSPS) is 16.8. The first-order valence-electron chi connectivity index (χ1n) is 7.18. The van der Waals surface area contributed by atoms with Crippen LogP contribution < -0.4 is 4.74 Å². The summed E-state index contributed by atoms with van der Waals surface area (Å²) in [6.45, 7) is 8.82. The highest BCUT2D eigenvalue weighted by Crippen LogP contribution is 2.18. The molecule has 1 heterocycles. The fraction of sp³-hybridized carbons (Fsp3) is 0.625. The fourth-order valence-electron chi connectivity index (χ4n) is 2.61. The van der Waals surface area contributed by atoms with Crippen molar-refractivity contribution in [2.24, 2.45) is 0 Å². The van der Waals surface area contributed by atoms with E-state index < -0.39 is 0 Å². The molecule has 100 valence electrons. The van der Waals surface area contributed by atoms with Crippen molar-refractivity contribution in [3.05, 3.63) is 29.3 Å². The number of aryl methyl sites for hydroxylation is 2. The number of benzene rings is 1. The molecule has 0 unspecified atom stereocenters. The summed E-state index contributed by atoms with van der Waals surface area (Å²) in [5, 5.41) is 0. The Morgan fingerprint density at radius 1 is 1.11 bits per heavy atom. The minimum absolute atomic E-state index is 0.834. The van der Waals surface area contributed by atoms with Gasteiger partial charge in [0.25, 0.3) is 0 Å². The van der Waals surface area contributed by atoms with Gasteiger partial charge in [0, 0.05) is 6.54 Å². The van der Waals surface area contributed by atoms with Crippen molar-refractivity contribution in [3.8, 4) is 5.75 Å². The summed E-state index contributed by atoms with van der Waals surface area (Å²) in [5.74, 6) is 1.04. The molecular formula is C16H25NO. The molecule has 0 amide bonds. The Morgan fingerprint density at radius 2 is 1.89 bits per heavy atom. The van der Waals surface area contributed by atoms with Crippen LogP contribution in [-0.4, -0.2) is 31.1 Å². The number of rotatable bonds is 5. The lowest BCUT2D eigenvalue weighted by Gasteiger charge is -2.26. The van der Waals surface area contributed by atoms with Crippen molar-refractivity contribution in [1.29, 1.82) is 0 Å². The van der Waals surface area contributed by atoms with Crippen LogP contribution in [0.2, 0.25) is 0 Å². The van der Waals surface area contributed by atoms with E-state index in [1.54, 1.807) is 0 Å². The van der Waals surface area contributed by atoms with Crippen molar-refractivity contribution in [3.63, 3.8) is 0 Å². The second kappa shape index (κ2) is 6.79. The largest absolute Gasteiger partial charge is 0.493 e. The Balaban J connectivity index is 1.68. The highest BCUT2D eigenvalue weighted by molar-refractivity contribution is 5.35. The molecular weight excluding hydrogens is 222 g/mol. The fourth-order valence-corrected chi connectivity index (χ4v) is 2.61. The summed E-state index contributed by atoms with van der Waals surface area (Å²) in [6, 6.07) is 6.39. The van der Waals surface area contributed by atoms with Gasteiger partial charge < -0.3 is 9.64 Å². The van der Waals surface area contributed by atoms with Gasteiger partial charge in [0.05, 0.1) is 6.61 Å². The molecule has 1 aliphatic heterocycles. The van der Waals surface area contributed by atoms with Gasteiger partial charge in [-0.2, -0.15) is 0 Å². The summed E-state index contributed by atoms with van der Waals surface area (Å²) in [6.07, 6.45) is 5.29. The first kappa shape index (κ1) is 13.4. The number of nitrogens with zero attached hydrogens (tertiary/aromatic N) is 1. The standard InChI is InChI=1S/C16H25NO/c1-14-7-8-16(15(2)13-14)18-12-6-11-17-9-4-3-5-10-17/h7-8,13H,3-6,9-12H2,1-2H3. The van der Waals surface area contributed by atoms with E-state index in [9.17, 15) is 0 Å². The second-order valence-corrected chi connectivity index (χ2v) is 5.37. The van der Waals surface area contributed by atoms with E-state index in [0.717, 1.165) is 18.8 Å². The minimum Gasteiger partial charge on any atom is -0.493 e. The van der Waals surface area contributed by atoms with Gasteiger partial charge in [0.2, 0.25) is 0 Å². The highest BCUT2D eigenvalue weighted by Gasteiger charge is 2.09. The molecule has 1 aromatic rings. The van der Waals surface area contributed by atoms with Gasteiger partial charge in [-0.15, -0.1) is 0 Å². The molecule has 1 aliphatic rings. The number of hydrogen-bond acceptors (Lipinski definition) is 2. The average molecular weight is 247 g/mol. The zero-order chi connectivity index (χ0) is 12.8. The molecule has 18 heavy (non-hydrogen) atoms. The summed E-state index contributed by atoms with van der Waals surface area (Å²) < 4.78 is 5.86. The first-order valence-corrected chi connectivity index (χ1v) is 7.18. The topological polar surface area (TPSA) is 12.5 Å². The average Bonchev–Trinajstić information content (AvgIpc) is 2.38. The van der Waals surface area contributed by atoms with Gasteiger partial charge in [-0.05, 0) is 57.8 Å². The van der Waals surface area contributed by atoms with Crippen LogP contribution in [0.15, 0.2) is 18.2 Å². The monoisotopic (exact) mass is 247 g/mol. The number of hydrogen-bond donors (Lipinski definition) is 0. The third kappa shape index (κ3) is 4.02. The number of likely N-dealkylation sites (tertiary alicyclic amines) is 1. The lowest BCUT2D eigenvalue weighted by atomic mass is 10.1. The molecule has 0 saturated carbocycles. The zero-order valence-electron chi connectivity index (χ0n) is 11.7. The van der Waals surface area contributed by atoms with E-state index in [0.29, 0.717) is 0 Å². The number of ether oxygens (including phenoxy) is 1. The van der Waals surface area contributed by atoms with Crippen LogP contribution in [0.4, 0.5) is 0 Å². The quantitative estimate of drug-likeness (QED) is 0.738. The Kier molecular flexibility index (Phi) is 5.06. The predicted molar refractivity (Wildman–Crippen MR) is 76.3 cm³/mol. The van der Waals surface area contributed by atoms with Crippen molar-refractivity contribution < 1.29 is 4.74 Å². The van der Waals surface area contributed by atoms with Gasteiger partial charge in [-0.25, -0.2) is 0 Å². The molecule has 1 fully saturated rings. The molecule has 0 aromatic heterocycles. The first-order chi connectivity index (χ1) is 8.75. The minimum atomic E-state index is 0.834. The van der Waals surface area contributed by atoms with Crippen molar-refractivity contribution >= 4 is 0 Å². The molecule has 2 rings (SSSR count). The molecule has 0 spiro atoms. The zero-order valence-corrected chi connectivity index (χ0v) is 11.7. The molecule has 0 radical (unpaired) electrons. The van der Waals surface area contributed by atoms with E-state index in [2.05, 4.69) is 36.9 Å². The Bertz CT molecular complexity index is 369. The molecule has 2 nitrogen and oxygen atoms in total. The molecule has 2 heteroatoms. The maximum atomic E-state index is 5.86. The second-order valence-electron chi connectivity index (χ2n) is 5.37. The summed E-state index contributed by atoms with van der Waals surface area (Å²) in [5.41, 5.74) is 2.54. The van der Waals surface area contributed by atoms with Crippen LogP contribution in [0.1, 0.15) is 36.8 Å². The maximum absolute atomic E-state index is 5.86. The van der Waals surface area contributed by atoms with E-state index in [4.69, 9.17) is 4.74 Å². The summed E-state index contributed by atoms with van der Waals surface area (Å²) >= 11 is 0. The molecule has 1 aromatic carbocycles. The van der Waals surface area contributed by atoms with Gasteiger partial charge in [0.1, 0.15) is 5.75 Å². The molecule has 0 bridgehead atoms. The van der Waals surface area contributed by atoms with E-state index in [-0.39, 0.29) is 0 Å². The Morgan fingerprint density at radius 3 is 2.61 bits per heavy atom. The molecule has 0 atom stereocenters. The van der Waals surface area contributed by atoms with Crippen LogP contribution in [0, 0.1) is 13.8 Å².